The molecule has 0 radical (unpaired) electrons. The predicted molar refractivity (Wildman–Crippen MR) is 157 cm³/mol. The molecule has 1 fully saturated rings. The average Bonchev–Trinajstić information content (AvgIpc) is 3.37. The van der Waals surface area contributed by atoms with Crippen LogP contribution in [-0.2, 0) is 35.6 Å². The highest BCUT2D eigenvalue weighted by Crippen LogP contribution is 2.37. The van der Waals surface area contributed by atoms with Crippen molar-refractivity contribution in [2.75, 3.05) is 6.61 Å². The summed E-state index contributed by atoms with van der Waals surface area (Å²) in [5.74, 6) is -1.30. The highest BCUT2D eigenvalue weighted by atomic mass is 32.3. The van der Waals surface area contributed by atoms with E-state index < -0.39 is 65.6 Å². The number of hydrogen-bond donors (Lipinski definition) is 0. The fraction of sp³-hybridized carbons (Fsp3) is 0.333. The van der Waals surface area contributed by atoms with Crippen LogP contribution in [0.4, 0.5) is 4.79 Å². The molecule has 1 saturated heterocycles. The lowest BCUT2D eigenvalue weighted by molar-refractivity contribution is -0.555. The molecule has 2 atom stereocenters. The van der Waals surface area contributed by atoms with Crippen LogP contribution in [0, 0.1) is 10.1 Å². The Labute approximate surface area is 250 Å². The minimum absolute atomic E-state index is 0.0858. The number of amides is 2. The smallest absolute Gasteiger partial charge is 0.417 e. The average molecular weight is 629 g/mol. The number of unbranched alkanes of at least 4 members (excludes halogenated alkanes) is 1. The van der Waals surface area contributed by atoms with Crippen LogP contribution < -0.4 is 0 Å². The molecule has 3 aromatic carbocycles. The van der Waals surface area contributed by atoms with E-state index >= 15 is 0 Å². The fourth-order valence-corrected chi connectivity index (χ4v) is 9.84. The molecule has 0 unspecified atom stereocenters. The zero-order valence-electron chi connectivity index (χ0n) is 23.4. The second kappa shape index (κ2) is 13.0. The maximum absolute atomic E-state index is 14.3. The van der Waals surface area contributed by atoms with E-state index in [1.807, 2.05) is 0 Å². The second-order valence-corrected chi connectivity index (χ2v) is 14.9. The fourth-order valence-electron chi connectivity index (χ4n) is 5.17. The van der Waals surface area contributed by atoms with E-state index in [-0.39, 0.29) is 29.2 Å². The molecule has 228 valence electrons. The third-order valence-electron chi connectivity index (χ3n) is 7.53. The van der Waals surface area contributed by atoms with Crippen molar-refractivity contribution in [3.63, 3.8) is 0 Å². The number of rotatable bonds is 13. The number of imide groups is 1. The first-order valence-electron chi connectivity index (χ1n) is 13.7. The van der Waals surface area contributed by atoms with E-state index in [1.165, 1.54) is 60.7 Å². The van der Waals surface area contributed by atoms with Crippen LogP contribution in [0.15, 0.2) is 101 Å². The molecule has 2 amide bonds. The lowest BCUT2D eigenvalue weighted by atomic mass is 9.88. The highest BCUT2D eigenvalue weighted by Gasteiger charge is 2.61. The summed E-state index contributed by atoms with van der Waals surface area (Å²) in [6, 6.07) is 21.4. The van der Waals surface area contributed by atoms with Crippen LogP contribution in [-0.4, -0.2) is 61.4 Å². The Kier molecular flexibility index (Phi) is 9.65. The molecule has 1 heterocycles. The highest BCUT2D eigenvalue weighted by molar-refractivity contribution is 8.09. The molecule has 4 rings (SSSR count). The zero-order valence-corrected chi connectivity index (χ0v) is 25.1. The number of sulfone groups is 2. The quantitative estimate of drug-likeness (QED) is 0.197. The molecule has 0 aromatic heterocycles. The van der Waals surface area contributed by atoms with Crippen LogP contribution in [0.2, 0.25) is 0 Å². The van der Waals surface area contributed by atoms with Crippen LogP contribution >= 0.6 is 0 Å². The maximum Gasteiger partial charge on any atom is 0.417 e. The molecular formula is C30H32N2O9S2. The van der Waals surface area contributed by atoms with Gasteiger partial charge in [0.1, 0.15) is 6.61 Å². The van der Waals surface area contributed by atoms with E-state index in [4.69, 9.17) is 4.74 Å². The monoisotopic (exact) mass is 628 g/mol. The Morgan fingerprint density at radius 3 is 1.88 bits per heavy atom. The summed E-state index contributed by atoms with van der Waals surface area (Å²) < 4.78 is 58.8. The van der Waals surface area contributed by atoms with Crippen LogP contribution in [0.5, 0.6) is 0 Å². The van der Waals surface area contributed by atoms with Gasteiger partial charge in [0.15, 0.2) is 24.3 Å². The molecule has 0 N–H and O–H groups in total. The Bertz CT molecular complexity index is 1600. The molecule has 13 heteroatoms. The number of cyclic esters (lactones) is 1. The molecule has 11 nitrogen and oxygen atoms in total. The summed E-state index contributed by atoms with van der Waals surface area (Å²) in [6.07, 6.45) is -2.22. The number of benzene rings is 3. The second-order valence-electron chi connectivity index (χ2n) is 10.3. The Hall–Kier alpha value is -4.10. The van der Waals surface area contributed by atoms with Crippen molar-refractivity contribution in [2.45, 2.75) is 65.0 Å². The number of nitrogens with zero attached hydrogens (tertiary/aromatic N) is 2. The minimum atomic E-state index is -4.81. The molecular weight excluding hydrogens is 596 g/mol. The van der Waals surface area contributed by atoms with Crippen LogP contribution in [0.1, 0.15) is 38.2 Å². The van der Waals surface area contributed by atoms with Gasteiger partial charge in [-0.05, 0) is 42.7 Å². The normalized spacial score (nSPS) is 16.9. The van der Waals surface area contributed by atoms with E-state index in [1.54, 1.807) is 37.3 Å². The van der Waals surface area contributed by atoms with Crippen molar-refractivity contribution in [2.24, 2.45) is 0 Å². The number of hydrogen-bond acceptors (Lipinski definition) is 9. The van der Waals surface area contributed by atoms with Crippen molar-refractivity contribution in [3.8, 4) is 0 Å². The van der Waals surface area contributed by atoms with Gasteiger partial charge < -0.3 is 4.74 Å². The van der Waals surface area contributed by atoms with Crippen LogP contribution in [0.25, 0.3) is 0 Å². The first-order valence-corrected chi connectivity index (χ1v) is 16.8. The number of ether oxygens (including phenoxy) is 1. The van der Waals surface area contributed by atoms with Crippen molar-refractivity contribution >= 4 is 31.7 Å². The standard InChI is InChI=1S/C30H32N2O9S2/c1-2-3-19-30(32(35)36,28(33)31-24(22-41-29(31)34)20-23-13-7-4-8-14-23)21-27(42(37,38)25-15-9-5-10-16-25)43(39,40)26-17-11-6-12-18-26/h4-18,24,27H,2-3,19-22H2,1H3/t24-,30+/m1/s1. The number of nitro groups is 1. The van der Waals surface area contributed by atoms with E-state index in [0.717, 1.165) is 5.56 Å². The summed E-state index contributed by atoms with van der Waals surface area (Å²) in [7, 11) is -9.62. The molecule has 43 heavy (non-hydrogen) atoms. The maximum atomic E-state index is 14.3. The Morgan fingerprint density at radius 2 is 1.42 bits per heavy atom. The molecule has 3 aromatic rings. The van der Waals surface area contributed by atoms with Crippen molar-refractivity contribution in [1.29, 1.82) is 0 Å². The predicted octanol–water partition coefficient (Wildman–Crippen LogP) is 4.45. The molecule has 0 bridgehead atoms. The van der Waals surface area contributed by atoms with Gasteiger partial charge in [0, 0.05) is 11.3 Å². The van der Waals surface area contributed by atoms with Gasteiger partial charge in [-0.3, -0.25) is 14.9 Å². The van der Waals surface area contributed by atoms with Gasteiger partial charge >= 0.3 is 17.5 Å². The summed E-state index contributed by atoms with van der Waals surface area (Å²) in [4.78, 5) is 39.1. The number of carbonyl (C=O) groups excluding carboxylic acids is 2. The van der Waals surface area contributed by atoms with Crippen molar-refractivity contribution in [3.05, 3.63) is 107 Å². The van der Waals surface area contributed by atoms with Gasteiger partial charge in [0.25, 0.3) is 0 Å². The Balaban J connectivity index is 1.87. The first-order chi connectivity index (χ1) is 20.4. The summed E-state index contributed by atoms with van der Waals surface area (Å²) in [6.45, 7) is 1.49. The van der Waals surface area contributed by atoms with Gasteiger partial charge in [-0.1, -0.05) is 80.1 Å². The van der Waals surface area contributed by atoms with Gasteiger partial charge in [-0.15, -0.1) is 0 Å². The first kappa shape index (κ1) is 31.8. The summed E-state index contributed by atoms with van der Waals surface area (Å²) in [5, 5.41) is 13.0. The van der Waals surface area contributed by atoms with E-state index in [2.05, 4.69) is 0 Å². The lowest BCUT2D eigenvalue weighted by Gasteiger charge is -2.31. The van der Waals surface area contributed by atoms with Gasteiger partial charge in [0.2, 0.25) is 0 Å². The molecule has 1 aliphatic heterocycles. The topological polar surface area (TPSA) is 158 Å². The third-order valence-corrected chi connectivity index (χ3v) is 12.6. The molecule has 0 spiro atoms. The Morgan fingerprint density at radius 1 is 0.930 bits per heavy atom. The summed E-state index contributed by atoms with van der Waals surface area (Å²) >= 11 is 0. The van der Waals surface area contributed by atoms with Crippen LogP contribution in [0.3, 0.4) is 0 Å². The summed E-state index contributed by atoms with van der Waals surface area (Å²) in [5.41, 5.74) is -2.04. The zero-order chi connectivity index (χ0) is 31.3. The SMILES string of the molecule is CCCC[C@](CC(S(=O)(=O)c1ccccc1)S(=O)(=O)c1ccccc1)(C(=O)N1C(=O)OC[C@H]1Cc1ccccc1)[N+](=O)[O-]. The molecule has 0 aliphatic carbocycles. The number of carbonyl (C=O) groups is 2. The van der Waals surface area contributed by atoms with Gasteiger partial charge in [0.05, 0.1) is 22.3 Å². The van der Waals surface area contributed by atoms with E-state index in [0.29, 0.717) is 11.3 Å². The van der Waals surface area contributed by atoms with Gasteiger partial charge in [-0.2, -0.15) is 0 Å². The third kappa shape index (κ3) is 6.47. The molecule has 1 aliphatic rings. The lowest BCUT2D eigenvalue weighted by Crippen LogP contribution is -2.59. The van der Waals surface area contributed by atoms with Crippen molar-refractivity contribution < 1.29 is 36.1 Å². The molecule has 0 saturated carbocycles. The van der Waals surface area contributed by atoms with Crippen molar-refractivity contribution in [1.82, 2.24) is 4.90 Å². The largest absolute Gasteiger partial charge is 0.447 e. The van der Waals surface area contributed by atoms with Gasteiger partial charge in [-0.25, -0.2) is 26.5 Å². The van der Waals surface area contributed by atoms with E-state index in [9.17, 15) is 36.5 Å². The minimum Gasteiger partial charge on any atom is -0.447 e.